The number of amides is 2. The molecule has 2 amide bonds. The molecule has 0 saturated carbocycles. The zero-order valence-electron chi connectivity index (χ0n) is 14.7. The van der Waals surface area contributed by atoms with Crippen LogP contribution in [0.5, 0.6) is 0 Å². The molecule has 1 atom stereocenters. The van der Waals surface area contributed by atoms with Crippen molar-refractivity contribution in [3.63, 3.8) is 0 Å². The van der Waals surface area contributed by atoms with Crippen molar-refractivity contribution in [2.45, 2.75) is 19.4 Å². The lowest BCUT2D eigenvalue weighted by Crippen LogP contribution is -2.46. The van der Waals surface area contributed by atoms with Crippen LogP contribution in [0.25, 0.3) is 0 Å². The van der Waals surface area contributed by atoms with Crippen LogP contribution < -0.4 is 4.90 Å². The fourth-order valence-corrected chi connectivity index (χ4v) is 5.12. The van der Waals surface area contributed by atoms with Crippen molar-refractivity contribution in [1.29, 1.82) is 0 Å². The van der Waals surface area contributed by atoms with E-state index in [1.54, 1.807) is 16.0 Å². The van der Waals surface area contributed by atoms with Crippen molar-refractivity contribution in [1.82, 2.24) is 19.8 Å². The summed E-state index contributed by atoms with van der Waals surface area (Å²) in [6, 6.07) is -0.296. The summed E-state index contributed by atoms with van der Waals surface area (Å²) in [4.78, 5) is 37.3. The quantitative estimate of drug-likeness (QED) is 0.628. The first-order valence-electron chi connectivity index (χ1n) is 8.71. The van der Waals surface area contributed by atoms with Crippen LogP contribution in [0.2, 0.25) is 0 Å². The molecule has 0 bridgehead atoms. The molecule has 3 heterocycles. The Morgan fingerprint density at radius 3 is 2.50 bits per heavy atom. The van der Waals surface area contributed by atoms with Crippen LogP contribution in [-0.4, -0.2) is 90.8 Å². The van der Waals surface area contributed by atoms with Crippen molar-refractivity contribution >= 4 is 28.0 Å². The number of piperazine rings is 1. The Balaban J connectivity index is 1.67. The number of aromatic nitrogens is 2. The molecule has 9 nitrogen and oxygen atoms in total. The Labute approximate surface area is 152 Å². The Kier molecular flexibility index (Phi) is 5.40. The molecule has 2 aliphatic heterocycles. The zero-order chi connectivity index (χ0) is 18.7. The molecule has 10 heteroatoms. The molecule has 0 spiro atoms. The minimum Gasteiger partial charge on any atom is -0.352 e. The number of carbonyl (C=O) groups is 2. The van der Waals surface area contributed by atoms with E-state index < -0.39 is 9.84 Å². The molecule has 26 heavy (non-hydrogen) atoms. The van der Waals surface area contributed by atoms with Crippen LogP contribution in [0.1, 0.15) is 23.8 Å². The average Bonchev–Trinajstić information content (AvgIpc) is 3.02. The molecule has 142 valence electrons. The summed E-state index contributed by atoms with van der Waals surface area (Å²) < 4.78 is 23.4. The fraction of sp³-hybridized carbons (Fsp3) is 0.625. The van der Waals surface area contributed by atoms with E-state index >= 15 is 0 Å². The largest absolute Gasteiger partial charge is 0.352 e. The third-order valence-electron chi connectivity index (χ3n) is 4.90. The van der Waals surface area contributed by atoms with Crippen LogP contribution in [0, 0.1) is 0 Å². The second-order valence-corrected chi connectivity index (χ2v) is 8.77. The van der Waals surface area contributed by atoms with E-state index in [2.05, 4.69) is 9.97 Å². The summed E-state index contributed by atoms with van der Waals surface area (Å²) in [5.41, 5.74) is 0.214. The van der Waals surface area contributed by atoms with Gasteiger partial charge in [-0.15, -0.1) is 0 Å². The van der Waals surface area contributed by atoms with Gasteiger partial charge in [0.15, 0.2) is 9.84 Å². The van der Waals surface area contributed by atoms with Crippen molar-refractivity contribution in [2.75, 3.05) is 49.1 Å². The first-order valence-corrected chi connectivity index (χ1v) is 10.5. The summed E-state index contributed by atoms with van der Waals surface area (Å²) >= 11 is 0. The van der Waals surface area contributed by atoms with Gasteiger partial charge < -0.3 is 14.7 Å². The Morgan fingerprint density at radius 1 is 1.27 bits per heavy atom. The molecule has 1 aromatic heterocycles. The van der Waals surface area contributed by atoms with E-state index in [9.17, 15) is 18.0 Å². The van der Waals surface area contributed by atoms with Crippen LogP contribution >= 0.6 is 0 Å². The third-order valence-corrected chi connectivity index (χ3v) is 6.65. The molecule has 3 rings (SSSR count). The Morgan fingerprint density at radius 2 is 2.00 bits per heavy atom. The molecule has 2 fully saturated rings. The van der Waals surface area contributed by atoms with Gasteiger partial charge in [-0.3, -0.25) is 9.59 Å². The van der Waals surface area contributed by atoms with Gasteiger partial charge in [0.2, 0.25) is 6.41 Å². The number of carbonyl (C=O) groups excluding carboxylic acids is 2. The predicted molar refractivity (Wildman–Crippen MR) is 95.7 cm³/mol. The van der Waals surface area contributed by atoms with E-state index in [-0.39, 0.29) is 29.1 Å². The number of hydrogen-bond donors (Lipinski definition) is 0. The lowest BCUT2D eigenvalue weighted by atomic mass is 10.2. The molecule has 2 saturated heterocycles. The highest BCUT2D eigenvalue weighted by Crippen LogP contribution is 2.20. The summed E-state index contributed by atoms with van der Waals surface area (Å²) in [7, 11) is -3.06. The lowest BCUT2D eigenvalue weighted by molar-refractivity contribution is -0.118. The Hall–Kier alpha value is -2.23. The highest BCUT2D eigenvalue weighted by Gasteiger charge is 2.34. The minimum absolute atomic E-state index is 0.0130. The number of nitrogens with zero attached hydrogens (tertiary/aromatic N) is 5. The number of sulfone groups is 1. The fourth-order valence-electron chi connectivity index (χ4n) is 3.39. The number of anilines is 1. The van der Waals surface area contributed by atoms with Gasteiger partial charge in [-0.1, -0.05) is 0 Å². The Bertz CT molecular complexity index is 759. The topological polar surface area (TPSA) is 104 Å². The van der Waals surface area contributed by atoms with Gasteiger partial charge in [-0.05, 0) is 13.3 Å². The maximum atomic E-state index is 12.7. The molecular formula is C16H23N5O4S. The van der Waals surface area contributed by atoms with E-state index in [0.717, 1.165) is 6.41 Å². The third kappa shape index (κ3) is 3.95. The lowest BCUT2D eigenvalue weighted by Gasteiger charge is -2.33. The molecule has 0 radical (unpaired) electrons. The van der Waals surface area contributed by atoms with Gasteiger partial charge in [-0.25, -0.2) is 18.4 Å². The second kappa shape index (κ2) is 7.56. The summed E-state index contributed by atoms with van der Waals surface area (Å²) in [6.45, 7) is 4.86. The second-order valence-electron chi connectivity index (χ2n) is 6.54. The van der Waals surface area contributed by atoms with Crippen LogP contribution in [-0.2, 0) is 14.6 Å². The molecular weight excluding hydrogens is 358 g/mol. The number of rotatable bonds is 5. The first-order chi connectivity index (χ1) is 12.4. The van der Waals surface area contributed by atoms with E-state index in [4.69, 9.17) is 0 Å². The van der Waals surface area contributed by atoms with Gasteiger partial charge in [0.05, 0.1) is 23.9 Å². The van der Waals surface area contributed by atoms with Crippen molar-refractivity contribution in [3.05, 3.63) is 18.1 Å². The monoisotopic (exact) mass is 381 g/mol. The minimum atomic E-state index is -3.06. The highest BCUT2D eigenvalue weighted by molar-refractivity contribution is 7.91. The molecule has 0 N–H and O–H groups in total. The summed E-state index contributed by atoms with van der Waals surface area (Å²) in [5, 5.41) is 0. The average molecular weight is 381 g/mol. The molecule has 2 aliphatic rings. The predicted octanol–water partition coefficient (Wildman–Crippen LogP) is -0.596. The SMILES string of the molecule is CCN(C(=O)c1cnc(N2CCN(C=O)CC2)cn1)C1CCS(=O)(=O)C1. The molecule has 1 aromatic rings. The van der Waals surface area contributed by atoms with Crippen molar-refractivity contribution in [3.8, 4) is 0 Å². The zero-order valence-corrected chi connectivity index (χ0v) is 15.6. The highest BCUT2D eigenvalue weighted by atomic mass is 32.2. The number of hydrogen-bond acceptors (Lipinski definition) is 7. The van der Waals surface area contributed by atoms with Crippen molar-refractivity contribution in [2.24, 2.45) is 0 Å². The van der Waals surface area contributed by atoms with Gasteiger partial charge in [0.25, 0.3) is 5.91 Å². The normalized spacial score (nSPS) is 22.3. The molecule has 0 aromatic carbocycles. The van der Waals surface area contributed by atoms with Crippen LogP contribution in [0.4, 0.5) is 5.82 Å². The smallest absolute Gasteiger partial charge is 0.274 e. The van der Waals surface area contributed by atoms with E-state index in [1.807, 2.05) is 11.8 Å². The summed E-state index contributed by atoms with van der Waals surface area (Å²) in [6.07, 6.45) is 4.31. The maximum Gasteiger partial charge on any atom is 0.274 e. The van der Waals surface area contributed by atoms with E-state index in [0.29, 0.717) is 45.0 Å². The van der Waals surface area contributed by atoms with Gasteiger partial charge in [-0.2, -0.15) is 0 Å². The van der Waals surface area contributed by atoms with Gasteiger partial charge in [0.1, 0.15) is 11.5 Å². The van der Waals surface area contributed by atoms with Crippen molar-refractivity contribution < 1.29 is 18.0 Å². The van der Waals surface area contributed by atoms with Gasteiger partial charge >= 0.3 is 0 Å². The molecule has 1 unspecified atom stereocenters. The van der Waals surface area contributed by atoms with Gasteiger partial charge in [0, 0.05) is 38.8 Å². The summed E-state index contributed by atoms with van der Waals surface area (Å²) in [5.74, 6) is 0.510. The van der Waals surface area contributed by atoms with Crippen LogP contribution in [0.15, 0.2) is 12.4 Å². The standard InChI is InChI=1S/C16H23N5O4S/c1-2-21(13-3-8-26(24,25)11-13)16(23)14-9-18-15(10-17-14)20-6-4-19(12-22)5-7-20/h9-10,12-13H,2-8,11H2,1H3. The van der Waals surface area contributed by atoms with Crippen LogP contribution in [0.3, 0.4) is 0 Å². The first kappa shape index (κ1) is 18.6. The van der Waals surface area contributed by atoms with E-state index in [1.165, 1.54) is 6.20 Å². The molecule has 0 aliphatic carbocycles. The maximum absolute atomic E-state index is 12.7.